The van der Waals surface area contributed by atoms with Gasteiger partial charge in [0.15, 0.2) is 5.76 Å². The minimum absolute atomic E-state index is 0.121. The van der Waals surface area contributed by atoms with E-state index < -0.39 is 0 Å². The summed E-state index contributed by atoms with van der Waals surface area (Å²) in [5.74, 6) is 2.22. The first kappa shape index (κ1) is 21.6. The lowest BCUT2D eigenvalue weighted by atomic mass is 9.98. The lowest BCUT2D eigenvalue weighted by molar-refractivity contribution is 0.0949. The van der Waals surface area contributed by atoms with Gasteiger partial charge >= 0.3 is 0 Å². The zero-order chi connectivity index (χ0) is 22.9. The second kappa shape index (κ2) is 8.93. The highest BCUT2D eigenvalue weighted by Crippen LogP contribution is 2.44. The molecule has 0 saturated carbocycles. The van der Waals surface area contributed by atoms with Gasteiger partial charge in [-0.1, -0.05) is 48.0 Å². The number of aryl methyl sites for hydroxylation is 1. The number of para-hydroxylation sites is 1. The molecule has 0 spiro atoms. The quantitative estimate of drug-likeness (QED) is 0.458. The van der Waals surface area contributed by atoms with E-state index in [1.54, 1.807) is 13.2 Å². The third-order valence-corrected chi connectivity index (χ3v) is 6.44. The molecule has 0 N–H and O–H groups in total. The van der Waals surface area contributed by atoms with Crippen LogP contribution >= 0.6 is 11.6 Å². The minimum Gasteiger partial charge on any atom is -0.496 e. The number of rotatable bonds is 5. The number of ketones is 1. The van der Waals surface area contributed by atoms with E-state index in [0.717, 1.165) is 46.0 Å². The van der Waals surface area contributed by atoms with Gasteiger partial charge in [-0.15, -0.1) is 0 Å². The molecule has 2 aliphatic rings. The molecule has 0 bridgehead atoms. The number of methoxy groups -OCH3 is 1. The van der Waals surface area contributed by atoms with Gasteiger partial charge < -0.3 is 14.2 Å². The van der Waals surface area contributed by atoms with Crippen LogP contribution in [0.15, 0.2) is 60.4 Å². The van der Waals surface area contributed by atoms with Crippen molar-refractivity contribution in [3.05, 3.63) is 93.2 Å². The van der Waals surface area contributed by atoms with E-state index in [9.17, 15) is 4.79 Å². The van der Waals surface area contributed by atoms with Crippen molar-refractivity contribution >= 4 is 23.5 Å². The van der Waals surface area contributed by atoms with Crippen LogP contribution < -0.4 is 14.2 Å². The molecule has 0 aromatic heterocycles. The Morgan fingerprint density at radius 2 is 1.94 bits per heavy atom. The summed E-state index contributed by atoms with van der Waals surface area (Å²) in [6.45, 7) is 3.81. The number of fused-ring (bicyclic) bond motifs is 3. The van der Waals surface area contributed by atoms with E-state index in [0.29, 0.717) is 36.1 Å². The van der Waals surface area contributed by atoms with Crippen molar-refractivity contribution in [1.29, 1.82) is 0 Å². The zero-order valence-corrected chi connectivity index (χ0v) is 19.3. The van der Waals surface area contributed by atoms with Crippen LogP contribution in [0.5, 0.6) is 17.2 Å². The number of benzene rings is 3. The molecular formula is C27H24ClNO4. The molecule has 0 fully saturated rings. The van der Waals surface area contributed by atoms with Crippen molar-refractivity contribution in [2.45, 2.75) is 19.9 Å². The van der Waals surface area contributed by atoms with E-state index >= 15 is 0 Å². The van der Waals surface area contributed by atoms with Gasteiger partial charge in [-0.2, -0.15) is 0 Å². The van der Waals surface area contributed by atoms with Gasteiger partial charge in [0.2, 0.25) is 5.78 Å². The number of allylic oxidation sites excluding steroid dienone is 1. The molecule has 33 heavy (non-hydrogen) atoms. The van der Waals surface area contributed by atoms with Gasteiger partial charge in [-0.05, 0) is 48.7 Å². The van der Waals surface area contributed by atoms with Crippen molar-refractivity contribution in [3.63, 3.8) is 0 Å². The topological polar surface area (TPSA) is 48.0 Å². The van der Waals surface area contributed by atoms with E-state index in [1.165, 1.54) is 0 Å². The molecule has 0 amide bonds. The number of ether oxygens (including phenoxy) is 3. The highest BCUT2D eigenvalue weighted by molar-refractivity contribution is 6.31. The number of carbonyl (C=O) groups is 1. The molecule has 0 saturated heterocycles. The van der Waals surface area contributed by atoms with Gasteiger partial charge in [0.1, 0.15) is 24.0 Å². The first-order valence-corrected chi connectivity index (χ1v) is 11.2. The molecule has 6 heteroatoms. The summed E-state index contributed by atoms with van der Waals surface area (Å²) in [6.07, 6.45) is 2.55. The average molecular weight is 462 g/mol. The van der Waals surface area contributed by atoms with Gasteiger partial charge in [-0.3, -0.25) is 9.69 Å². The molecule has 2 heterocycles. The average Bonchev–Trinajstić information content (AvgIpc) is 3.16. The van der Waals surface area contributed by atoms with Crippen LogP contribution in [0.1, 0.15) is 32.6 Å². The Morgan fingerprint density at radius 1 is 1.15 bits per heavy atom. The molecule has 3 aromatic carbocycles. The van der Waals surface area contributed by atoms with Crippen molar-refractivity contribution in [1.82, 2.24) is 4.90 Å². The Balaban J connectivity index is 1.42. The molecule has 0 atom stereocenters. The van der Waals surface area contributed by atoms with Crippen LogP contribution in [-0.4, -0.2) is 31.1 Å². The maximum absolute atomic E-state index is 13.2. The van der Waals surface area contributed by atoms with Gasteiger partial charge in [0.25, 0.3) is 0 Å². The summed E-state index contributed by atoms with van der Waals surface area (Å²) in [7, 11) is 1.61. The summed E-state index contributed by atoms with van der Waals surface area (Å²) >= 11 is 6.31. The fourth-order valence-electron chi connectivity index (χ4n) is 4.33. The summed E-state index contributed by atoms with van der Waals surface area (Å²) in [5, 5.41) is 0.771. The maximum atomic E-state index is 13.2. The second-order valence-corrected chi connectivity index (χ2v) is 8.63. The van der Waals surface area contributed by atoms with Crippen LogP contribution in [0, 0.1) is 6.92 Å². The molecule has 168 valence electrons. The lowest BCUT2D eigenvalue weighted by Crippen LogP contribution is -2.34. The van der Waals surface area contributed by atoms with Crippen molar-refractivity contribution in [3.8, 4) is 17.2 Å². The highest BCUT2D eigenvalue weighted by Gasteiger charge is 2.35. The van der Waals surface area contributed by atoms with Crippen molar-refractivity contribution < 1.29 is 19.0 Å². The van der Waals surface area contributed by atoms with Gasteiger partial charge in [0, 0.05) is 23.7 Å². The largest absolute Gasteiger partial charge is 0.496 e. The molecule has 2 aliphatic heterocycles. The molecule has 0 aliphatic carbocycles. The summed E-state index contributed by atoms with van der Waals surface area (Å²) in [4.78, 5) is 15.4. The monoisotopic (exact) mass is 461 g/mol. The fraction of sp³-hybridized carbons (Fsp3) is 0.222. The SMILES string of the molecule is COc1ccccc1/C=C1\Oc2c3c(cc(C)c2C1=O)OCN(CCc1ccccc1Cl)C3. The number of carbonyl (C=O) groups excluding carboxylic acids is 1. The number of halogens is 1. The van der Waals surface area contributed by atoms with Crippen molar-refractivity contribution in [2.24, 2.45) is 0 Å². The number of nitrogens with zero attached hydrogens (tertiary/aromatic N) is 1. The van der Waals surface area contributed by atoms with Gasteiger partial charge in [-0.25, -0.2) is 0 Å². The normalized spacial score (nSPS) is 16.2. The third-order valence-electron chi connectivity index (χ3n) is 6.07. The molecule has 5 rings (SSSR count). The zero-order valence-electron chi connectivity index (χ0n) is 18.6. The van der Waals surface area contributed by atoms with Crippen LogP contribution in [-0.2, 0) is 13.0 Å². The third kappa shape index (κ3) is 4.10. The standard InChI is InChI=1S/C27H24ClNO4/c1-17-13-23-20(15-29(16-32-23)12-11-18-7-3-5-9-21(18)28)27-25(17)26(30)24(33-27)14-19-8-4-6-10-22(19)31-2/h3-10,13-14H,11-12,15-16H2,1-2H3/b24-14-. The smallest absolute Gasteiger partial charge is 0.232 e. The predicted octanol–water partition coefficient (Wildman–Crippen LogP) is 5.67. The molecule has 0 radical (unpaired) electrons. The number of Topliss-reactive ketones (excluding diaryl/α,β-unsaturated/α-hetero) is 1. The molecule has 0 unspecified atom stereocenters. The van der Waals surface area contributed by atoms with E-state index in [-0.39, 0.29) is 5.78 Å². The van der Waals surface area contributed by atoms with E-state index in [2.05, 4.69) is 4.90 Å². The Kier molecular flexibility index (Phi) is 5.83. The Labute approximate surface area is 198 Å². The Hall–Kier alpha value is -3.28. The summed E-state index contributed by atoms with van der Waals surface area (Å²) in [5.41, 5.74) is 4.25. The highest BCUT2D eigenvalue weighted by atomic mass is 35.5. The first-order chi connectivity index (χ1) is 16.0. The second-order valence-electron chi connectivity index (χ2n) is 8.22. The maximum Gasteiger partial charge on any atom is 0.232 e. The molecule has 5 nitrogen and oxygen atoms in total. The predicted molar refractivity (Wildman–Crippen MR) is 128 cm³/mol. The van der Waals surface area contributed by atoms with E-state index in [1.807, 2.05) is 61.5 Å². The molecule has 3 aromatic rings. The Morgan fingerprint density at radius 3 is 2.76 bits per heavy atom. The van der Waals surface area contributed by atoms with E-state index in [4.69, 9.17) is 25.8 Å². The van der Waals surface area contributed by atoms with Crippen LogP contribution in [0.4, 0.5) is 0 Å². The van der Waals surface area contributed by atoms with Crippen LogP contribution in [0.25, 0.3) is 6.08 Å². The number of hydrogen-bond donors (Lipinski definition) is 0. The van der Waals surface area contributed by atoms with Crippen LogP contribution in [0.3, 0.4) is 0 Å². The van der Waals surface area contributed by atoms with Crippen LogP contribution in [0.2, 0.25) is 5.02 Å². The molecular weight excluding hydrogens is 438 g/mol. The van der Waals surface area contributed by atoms with Crippen molar-refractivity contribution in [2.75, 3.05) is 20.4 Å². The fourth-order valence-corrected chi connectivity index (χ4v) is 4.56. The lowest BCUT2D eigenvalue weighted by Gasteiger charge is -2.30. The van der Waals surface area contributed by atoms with Gasteiger partial charge in [0.05, 0.1) is 18.2 Å². The number of hydrogen-bond acceptors (Lipinski definition) is 5. The minimum atomic E-state index is -0.121. The summed E-state index contributed by atoms with van der Waals surface area (Å²) < 4.78 is 17.6. The summed E-state index contributed by atoms with van der Waals surface area (Å²) in [6, 6.07) is 17.4. The Bertz CT molecular complexity index is 1270. The first-order valence-electron chi connectivity index (χ1n) is 10.9.